The second-order valence-electron chi connectivity index (χ2n) is 6.79. The van der Waals surface area contributed by atoms with Crippen LogP contribution in [0.4, 0.5) is 0 Å². The first-order chi connectivity index (χ1) is 10.4. The molecule has 3 aliphatic rings. The van der Waals surface area contributed by atoms with E-state index in [1.807, 2.05) is 36.4 Å². The molecule has 0 radical (unpaired) electrons. The van der Waals surface area contributed by atoms with Crippen LogP contribution in [0, 0.1) is 17.3 Å². The summed E-state index contributed by atoms with van der Waals surface area (Å²) in [5, 5.41) is 0. The van der Waals surface area contributed by atoms with Crippen LogP contribution in [0.3, 0.4) is 0 Å². The summed E-state index contributed by atoms with van der Waals surface area (Å²) in [6, 6.07) is 8.00. The topological polar surface area (TPSA) is 26.3 Å². The average molecular weight is 298 g/mol. The zero-order valence-corrected chi connectivity index (χ0v) is 14.1. The lowest BCUT2D eigenvalue weighted by Crippen LogP contribution is -2.51. The van der Waals surface area contributed by atoms with Gasteiger partial charge in [0.15, 0.2) is 5.78 Å². The first-order valence-electron chi connectivity index (χ1n) is 7.86. The molecular formula is C20H26O2. The zero-order chi connectivity index (χ0) is 16.3. The van der Waals surface area contributed by atoms with Gasteiger partial charge in [-0.25, -0.2) is 0 Å². The van der Waals surface area contributed by atoms with Gasteiger partial charge in [0.2, 0.25) is 0 Å². The van der Waals surface area contributed by atoms with E-state index in [2.05, 4.69) is 27.4 Å². The van der Waals surface area contributed by atoms with E-state index in [0.29, 0.717) is 17.6 Å². The number of benzene rings is 1. The van der Waals surface area contributed by atoms with Crippen LogP contribution in [-0.4, -0.2) is 12.9 Å². The third-order valence-electron chi connectivity index (χ3n) is 5.07. The van der Waals surface area contributed by atoms with Crippen molar-refractivity contribution in [2.45, 2.75) is 33.6 Å². The minimum absolute atomic E-state index is 0.260. The van der Waals surface area contributed by atoms with Gasteiger partial charge in [-0.1, -0.05) is 37.6 Å². The number of ketones is 1. The van der Waals surface area contributed by atoms with Crippen LogP contribution in [0.2, 0.25) is 0 Å². The van der Waals surface area contributed by atoms with Gasteiger partial charge >= 0.3 is 0 Å². The van der Waals surface area contributed by atoms with Gasteiger partial charge in [0.05, 0.1) is 7.11 Å². The van der Waals surface area contributed by atoms with Gasteiger partial charge in [0.25, 0.3) is 0 Å². The van der Waals surface area contributed by atoms with Crippen molar-refractivity contribution in [3.05, 3.63) is 54.1 Å². The van der Waals surface area contributed by atoms with Gasteiger partial charge in [0, 0.05) is 5.92 Å². The quantitative estimate of drug-likeness (QED) is 0.762. The highest BCUT2D eigenvalue weighted by molar-refractivity contribution is 5.95. The molecule has 0 aliphatic heterocycles. The number of hydrogen-bond acceptors (Lipinski definition) is 2. The van der Waals surface area contributed by atoms with Crippen LogP contribution >= 0.6 is 0 Å². The van der Waals surface area contributed by atoms with E-state index in [1.165, 1.54) is 11.1 Å². The van der Waals surface area contributed by atoms with Crippen molar-refractivity contribution in [3.8, 4) is 5.75 Å². The summed E-state index contributed by atoms with van der Waals surface area (Å²) in [5.74, 6) is 2.27. The highest BCUT2D eigenvalue weighted by Gasteiger charge is 2.54. The van der Waals surface area contributed by atoms with Crippen LogP contribution < -0.4 is 4.74 Å². The fourth-order valence-electron chi connectivity index (χ4n) is 3.53. The zero-order valence-electron chi connectivity index (χ0n) is 14.1. The lowest BCUT2D eigenvalue weighted by atomic mass is 9.49. The first-order valence-corrected chi connectivity index (χ1v) is 7.86. The molecule has 0 aromatic heterocycles. The summed E-state index contributed by atoms with van der Waals surface area (Å²) >= 11 is 0. The molecule has 1 aromatic rings. The van der Waals surface area contributed by atoms with Gasteiger partial charge in [-0.3, -0.25) is 4.79 Å². The summed E-state index contributed by atoms with van der Waals surface area (Å²) in [5.41, 5.74) is 2.82. The lowest BCUT2D eigenvalue weighted by Gasteiger charge is -2.54. The summed E-state index contributed by atoms with van der Waals surface area (Å²) in [7, 11) is 1.67. The van der Waals surface area contributed by atoms with E-state index in [0.717, 1.165) is 18.6 Å². The molecule has 2 unspecified atom stereocenters. The maximum Gasteiger partial charge on any atom is 0.159 e. The molecular weight excluding hydrogens is 272 g/mol. The van der Waals surface area contributed by atoms with E-state index in [1.54, 1.807) is 7.11 Å². The van der Waals surface area contributed by atoms with Crippen LogP contribution in [0.5, 0.6) is 5.75 Å². The number of methoxy groups -OCH3 is 1. The number of fused-ring (bicyclic) bond motifs is 1. The molecule has 0 saturated heterocycles. The van der Waals surface area contributed by atoms with E-state index in [-0.39, 0.29) is 5.41 Å². The summed E-state index contributed by atoms with van der Waals surface area (Å²) in [6.07, 6.45) is 5.75. The monoisotopic (exact) mass is 298 g/mol. The van der Waals surface area contributed by atoms with Crippen molar-refractivity contribution in [2.24, 2.45) is 17.3 Å². The van der Waals surface area contributed by atoms with Crippen molar-refractivity contribution in [1.29, 1.82) is 0 Å². The Hall–Kier alpha value is -1.83. The highest BCUT2D eigenvalue weighted by atomic mass is 16.5. The Kier molecular flexibility index (Phi) is 4.90. The summed E-state index contributed by atoms with van der Waals surface area (Å²) in [4.78, 5) is 11.4. The Labute approximate surface area is 133 Å². The smallest absolute Gasteiger partial charge is 0.159 e. The third kappa shape index (κ3) is 3.16. The SMILES string of the molecule is C=CCc1ccc(OC)cc1.CC1=CC(=O)C2CC1C2(C)C. The van der Waals surface area contributed by atoms with Gasteiger partial charge in [0.1, 0.15) is 5.75 Å². The van der Waals surface area contributed by atoms with Crippen molar-refractivity contribution in [1.82, 2.24) is 0 Å². The third-order valence-corrected chi connectivity index (χ3v) is 5.07. The number of hydrogen-bond donors (Lipinski definition) is 0. The average Bonchev–Trinajstić information content (AvgIpc) is 2.47. The van der Waals surface area contributed by atoms with Crippen molar-refractivity contribution >= 4 is 5.78 Å². The van der Waals surface area contributed by atoms with Crippen LogP contribution in [0.1, 0.15) is 32.8 Å². The number of allylic oxidation sites excluding steroid dienone is 3. The summed E-state index contributed by atoms with van der Waals surface area (Å²) < 4.78 is 5.02. The number of carbonyl (C=O) groups excluding carboxylic acids is 1. The maximum atomic E-state index is 11.4. The molecule has 0 N–H and O–H groups in total. The lowest BCUT2D eigenvalue weighted by molar-refractivity contribution is -0.133. The van der Waals surface area contributed by atoms with Crippen LogP contribution in [-0.2, 0) is 11.2 Å². The standard InChI is InChI=1S/C10H14O.C10H12O/c1-6-4-9(11)8-5-7(6)10(8,2)3;1-3-4-9-5-7-10(11-2)8-6-9/h4,7-8H,5H2,1-3H3;3,5-8H,1,4H2,2H3. The van der Waals surface area contributed by atoms with Crippen molar-refractivity contribution < 1.29 is 9.53 Å². The Bertz CT molecular complexity index is 578. The highest BCUT2D eigenvalue weighted by Crippen LogP contribution is 2.57. The second kappa shape index (κ2) is 6.51. The maximum absolute atomic E-state index is 11.4. The molecule has 2 heteroatoms. The molecule has 0 spiro atoms. The fourth-order valence-corrected chi connectivity index (χ4v) is 3.53. The van der Waals surface area contributed by atoms with Crippen molar-refractivity contribution in [2.75, 3.05) is 7.11 Å². The Balaban J connectivity index is 0.000000160. The Morgan fingerprint density at radius 1 is 1.27 bits per heavy atom. The Morgan fingerprint density at radius 3 is 2.32 bits per heavy atom. The molecule has 2 nitrogen and oxygen atoms in total. The Morgan fingerprint density at radius 2 is 1.91 bits per heavy atom. The van der Waals surface area contributed by atoms with Crippen LogP contribution in [0.15, 0.2) is 48.6 Å². The molecule has 118 valence electrons. The van der Waals surface area contributed by atoms with Gasteiger partial charge in [-0.2, -0.15) is 0 Å². The predicted molar refractivity (Wildman–Crippen MR) is 91.0 cm³/mol. The van der Waals surface area contributed by atoms with Gasteiger partial charge < -0.3 is 4.74 Å². The molecule has 2 bridgehead atoms. The molecule has 1 aromatic carbocycles. The van der Waals surface area contributed by atoms with E-state index in [9.17, 15) is 4.79 Å². The first kappa shape index (κ1) is 16.5. The predicted octanol–water partition coefficient (Wildman–Crippen LogP) is 4.60. The summed E-state index contributed by atoms with van der Waals surface area (Å²) in [6.45, 7) is 10.2. The number of rotatable bonds is 3. The number of ether oxygens (including phenoxy) is 1. The van der Waals surface area contributed by atoms with Crippen molar-refractivity contribution in [3.63, 3.8) is 0 Å². The van der Waals surface area contributed by atoms with Crippen LogP contribution in [0.25, 0.3) is 0 Å². The molecule has 3 aliphatic carbocycles. The van der Waals surface area contributed by atoms with E-state index >= 15 is 0 Å². The normalized spacial score (nSPS) is 24.4. The fraction of sp³-hybridized carbons (Fsp3) is 0.450. The van der Waals surface area contributed by atoms with E-state index in [4.69, 9.17) is 4.74 Å². The molecule has 1 fully saturated rings. The van der Waals surface area contributed by atoms with Gasteiger partial charge in [-0.05, 0) is 54.9 Å². The molecule has 4 rings (SSSR count). The molecule has 0 heterocycles. The van der Waals surface area contributed by atoms with Gasteiger partial charge in [-0.15, -0.1) is 6.58 Å². The molecule has 22 heavy (non-hydrogen) atoms. The second-order valence-corrected chi connectivity index (χ2v) is 6.79. The van der Waals surface area contributed by atoms with E-state index < -0.39 is 0 Å². The minimum Gasteiger partial charge on any atom is -0.497 e. The molecule has 1 saturated carbocycles. The largest absolute Gasteiger partial charge is 0.497 e. The molecule has 0 amide bonds. The molecule has 2 atom stereocenters. The number of carbonyl (C=O) groups is 1. The minimum atomic E-state index is 0.260.